The molecule has 1 rings (SSSR count). The van der Waals surface area contributed by atoms with Gasteiger partial charge in [0.1, 0.15) is 0 Å². The molecule has 1 aromatic carbocycles. The molecular formula is C12H13ClF3NO3S. The van der Waals surface area contributed by atoms with Gasteiger partial charge >= 0.3 is 6.18 Å². The minimum absolute atomic E-state index is 0.132. The Morgan fingerprint density at radius 1 is 1.38 bits per heavy atom. The first-order valence-corrected chi connectivity index (χ1v) is 7.55. The van der Waals surface area contributed by atoms with E-state index in [0.29, 0.717) is 6.07 Å². The summed E-state index contributed by atoms with van der Waals surface area (Å²) < 4.78 is 63.6. The van der Waals surface area contributed by atoms with Crippen LogP contribution in [0.1, 0.15) is 5.56 Å². The highest BCUT2D eigenvalue weighted by Crippen LogP contribution is 2.36. The van der Waals surface area contributed by atoms with Gasteiger partial charge in [-0.25, -0.2) is 8.42 Å². The van der Waals surface area contributed by atoms with Gasteiger partial charge in [-0.2, -0.15) is 17.5 Å². The lowest BCUT2D eigenvalue weighted by Gasteiger charge is -2.20. The van der Waals surface area contributed by atoms with Crippen LogP contribution in [-0.4, -0.2) is 37.5 Å². The molecule has 0 saturated heterocycles. The summed E-state index contributed by atoms with van der Waals surface area (Å²) in [6.07, 6.45) is -3.49. The zero-order valence-electron chi connectivity index (χ0n) is 10.8. The molecule has 0 unspecified atom stereocenters. The van der Waals surface area contributed by atoms with Crippen molar-refractivity contribution in [3.05, 3.63) is 41.4 Å². The van der Waals surface area contributed by atoms with E-state index in [1.807, 2.05) is 0 Å². The standard InChI is InChI=1S/C12H13ClF3NO3S/c1-2-5-17(6-7-18)21(19,20)9-3-4-11(13)10(8-9)12(14,15)16/h2-4,8,18H,1,5-7H2. The van der Waals surface area contributed by atoms with Crippen LogP contribution in [0.2, 0.25) is 5.02 Å². The van der Waals surface area contributed by atoms with Crippen molar-refractivity contribution in [2.24, 2.45) is 0 Å². The Bertz CT molecular complexity index is 617. The van der Waals surface area contributed by atoms with Crippen LogP contribution in [0, 0.1) is 0 Å². The van der Waals surface area contributed by atoms with E-state index in [0.717, 1.165) is 16.4 Å². The number of hydrogen-bond acceptors (Lipinski definition) is 3. The van der Waals surface area contributed by atoms with Crippen molar-refractivity contribution in [2.75, 3.05) is 19.7 Å². The summed E-state index contributed by atoms with van der Waals surface area (Å²) in [5.41, 5.74) is -1.23. The number of sulfonamides is 1. The lowest BCUT2D eigenvalue weighted by molar-refractivity contribution is -0.137. The van der Waals surface area contributed by atoms with E-state index in [2.05, 4.69) is 6.58 Å². The minimum atomic E-state index is -4.76. The topological polar surface area (TPSA) is 57.6 Å². The normalized spacial score (nSPS) is 12.7. The second kappa shape index (κ2) is 6.78. The molecule has 0 fully saturated rings. The van der Waals surface area contributed by atoms with Gasteiger partial charge in [-0.05, 0) is 18.2 Å². The first-order chi connectivity index (χ1) is 9.64. The Morgan fingerprint density at radius 3 is 2.48 bits per heavy atom. The quantitative estimate of drug-likeness (QED) is 0.807. The molecule has 0 atom stereocenters. The number of nitrogens with zero attached hydrogens (tertiary/aromatic N) is 1. The van der Waals surface area contributed by atoms with Gasteiger partial charge in [-0.1, -0.05) is 17.7 Å². The van der Waals surface area contributed by atoms with E-state index in [9.17, 15) is 21.6 Å². The largest absolute Gasteiger partial charge is 0.417 e. The molecule has 0 bridgehead atoms. The first-order valence-electron chi connectivity index (χ1n) is 5.73. The Labute approximate surface area is 125 Å². The molecule has 118 valence electrons. The molecule has 0 heterocycles. The van der Waals surface area contributed by atoms with E-state index in [-0.39, 0.29) is 13.1 Å². The predicted molar refractivity (Wildman–Crippen MR) is 72.5 cm³/mol. The number of alkyl halides is 3. The first kappa shape index (κ1) is 18.0. The molecule has 9 heteroatoms. The second-order valence-corrected chi connectivity index (χ2v) is 6.36. The minimum Gasteiger partial charge on any atom is -0.395 e. The van der Waals surface area contributed by atoms with Crippen LogP contribution >= 0.6 is 11.6 Å². The Hall–Kier alpha value is -1.09. The number of hydrogen-bond donors (Lipinski definition) is 1. The van der Waals surface area contributed by atoms with Gasteiger partial charge in [-0.15, -0.1) is 6.58 Å². The van der Waals surface area contributed by atoms with Crippen LogP contribution in [-0.2, 0) is 16.2 Å². The zero-order valence-corrected chi connectivity index (χ0v) is 12.3. The lowest BCUT2D eigenvalue weighted by Crippen LogP contribution is -2.33. The number of halogens is 4. The summed E-state index contributed by atoms with van der Waals surface area (Å²) in [6.45, 7) is 2.52. The van der Waals surface area contributed by atoms with E-state index in [1.54, 1.807) is 0 Å². The van der Waals surface area contributed by atoms with Gasteiger partial charge in [0.15, 0.2) is 0 Å². The third-order valence-electron chi connectivity index (χ3n) is 2.56. The zero-order chi connectivity index (χ0) is 16.3. The van der Waals surface area contributed by atoms with Gasteiger partial charge in [-0.3, -0.25) is 0 Å². The highest BCUT2D eigenvalue weighted by atomic mass is 35.5. The molecule has 4 nitrogen and oxygen atoms in total. The van der Waals surface area contributed by atoms with Crippen molar-refractivity contribution >= 4 is 21.6 Å². The SMILES string of the molecule is C=CCN(CCO)S(=O)(=O)c1ccc(Cl)c(C(F)(F)F)c1. The van der Waals surface area contributed by atoms with Crippen LogP contribution in [0.25, 0.3) is 0 Å². The molecule has 0 radical (unpaired) electrons. The molecule has 0 saturated carbocycles. The van der Waals surface area contributed by atoms with Gasteiger partial charge in [0, 0.05) is 13.1 Å². The summed E-state index contributed by atoms with van der Waals surface area (Å²) >= 11 is 5.45. The molecule has 21 heavy (non-hydrogen) atoms. The number of aliphatic hydroxyl groups excluding tert-OH is 1. The maximum Gasteiger partial charge on any atom is 0.417 e. The lowest BCUT2D eigenvalue weighted by atomic mass is 10.2. The van der Waals surface area contributed by atoms with Crippen molar-refractivity contribution in [2.45, 2.75) is 11.1 Å². The molecular weight excluding hydrogens is 331 g/mol. The maximum absolute atomic E-state index is 12.8. The number of aliphatic hydroxyl groups is 1. The highest BCUT2D eigenvalue weighted by Gasteiger charge is 2.35. The van der Waals surface area contributed by atoms with Gasteiger partial charge in [0.25, 0.3) is 0 Å². The van der Waals surface area contributed by atoms with Crippen molar-refractivity contribution in [3.8, 4) is 0 Å². The highest BCUT2D eigenvalue weighted by molar-refractivity contribution is 7.89. The average molecular weight is 344 g/mol. The van der Waals surface area contributed by atoms with Crippen LogP contribution in [0.3, 0.4) is 0 Å². The van der Waals surface area contributed by atoms with Crippen LogP contribution in [0.4, 0.5) is 13.2 Å². The van der Waals surface area contributed by atoms with Crippen molar-refractivity contribution in [1.82, 2.24) is 4.31 Å². The van der Waals surface area contributed by atoms with Crippen molar-refractivity contribution in [3.63, 3.8) is 0 Å². The van der Waals surface area contributed by atoms with Crippen LogP contribution < -0.4 is 0 Å². The van der Waals surface area contributed by atoms with Gasteiger partial charge in [0.05, 0.1) is 22.1 Å². The summed E-state index contributed by atoms with van der Waals surface area (Å²) in [5, 5.41) is 8.28. The molecule has 0 aliphatic carbocycles. The fraction of sp³-hybridized carbons (Fsp3) is 0.333. The third kappa shape index (κ3) is 4.19. The molecule has 0 aromatic heterocycles. The molecule has 1 N–H and O–H groups in total. The number of benzene rings is 1. The van der Waals surface area contributed by atoms with Crippen LogP contribution in [0.5, 0.6) is 0 Å². The van der Waals surface area contributed by atoms with Gasteiger partial charge < -0.3 is 5.11 Å². The molecule has 0 aliphatic rings. The smallest absolute Gasteiger partial charge is 0.395 e. The molecule has 0 amide bonds. The maximum atomic E-state index is 12.8. The number of rotatable bonds is 6. The molecule has 1 aromatic rings. The van der Waals surface area contributed by atoms with E-state index >= 15 is 0 Å². The molecule has 0 spiro atoms. The third-order valence-corrected chi connectivity index (χ3v) is 4.75. The summed E-state index contributed by atoms with van der Waals surface area (Å²) in [7, 11) is -4.18. The van der Waals surface area contributed by atoms with E-state index in [1.165, 1.54) is 6.08 Å². The summed E-state index contributed by atoms with van der Waals surface area (Å²) in [4.78, 5) is -0.547. The van der Waals surface area contributed by atoms with Crippen LogP contribution in [0.15, 0.2) is 35.7 Å². The second-order valence-electron chi connectivity index (χ2n) is 4.01. The predicted octanol–water partition coefficient (Wildman–Crippen LogP) is 2.53. The fourth-order valence-electron chi connectivity index (χ4n) is 1.60. The van der Waals surface area contributed by atoms with E-state index < -0.39 is 38.3 Å². The Balaban J connectivity index is 3.34. The average Bonchev–Trinajstić information content (AvgIpc) is 2.37. The van der Waals surface area contributed by atoms with E-state index in [4.69, 9.17) is 16.7 Å². The monoisotopic (exact) mass is 343 g/mol. The summed E-state index contributed by atoms with van der Waals surface area (Å²) in [6, 6.07) is 2.34. The van der Waals surface area contributed by atoms with Gasteiger partial charge in [0.2, 0.25) is 10.0 Å². The van der Waals surface area contributed by atoms with Crippen molar-refractivity contribution < 1.29 is 26.7 Å². The summed E-state index contributed by atoms with van der Waals surface area (Å²) in [5.74, 6) is 0. The molecule has 0 aliphatic heterocycles. The van der Waals surface area contributed by atoms with Crippen molar-refractivity contribution in [1.29, 1.82) is 0 Å². The Morgan fingerprint density at radius 2 is 2.00 bits per heavy atom. The Kier molecular flexibility index (Phi) is 5.80. The fourth-order valence-corrected chi connectivity index (χ4v) is 3.25.